The molecule has 10 rings (SSSR count). The summed E-state index contributed by atoms with van der Waals surface area (Å²) in [6.07, 6.45) is 1.28. The molecule has 6 unspecified atom stereocenters. The van der Waals surface area contributed by atoms with Crippen LogP contribution in [0.15, 0.2) is 291 Å². The van der Waals surface area contributed by atoms with Gasteiger partial charge in [-0.25, -0.2) is 24.0 Å². The van der Waals surface area contributed by atoms with Gasteiger partial charge in [0, 0.05) is 118 Å². The molecule has 0 bridgehead atoms. The van der Waals surface area contributed by atoms with E-state index in [1.807, 2.05) is 194 Å². The largest absolute Gasteiger partial charge is 0.497 e. The molecule has 5 amide bonds. The standard InChI is InChI=1S/C26H35NO3.C22H27NO5.C21H25NO3.C20H23NO3.C18H19NO3.4CH4/c1-25(2,3)21(27(7)23(28)19-14-10-8-11-15-19)18-22(26(4,5)6)30-24(29)20-16-12-9-13-17-20;1-15(23(3)21(25)18-9-11-20(27-4)12-10-18)13-16(2)28-22(26)19-7-5-17(14-24)6-8-19;1-4-22(20(23)18-11-7-5-8-12-18)16(2)15-17(3)25-21(24)19-13-9-6-10-14-19;1-20(2,15-24-19(23)17-12-8-5-9-13-17)14-21(3)18(22)16-10-6-4-7-11-16;1-19(17(20)15-9-4-2-5-10-15)13-8-14-22-18(21)16-11-6-3-7-12-16;;;;/h8-17,21-22H,18H2,1-7H3;5-12,15-16,24H,13-14H2,1-4H3;5-14,16-17H,4,15H2,1-3H3;4-13H,14-15H2,1-3H3;2-7,9-12H,8,13-14H2,1H3;4*1H4. The number of hydrogen-bond acceptors (Lipinski definition) is 17. The second-order valence-electron chi connectivity index (χ2n) is 34.5. The molecule has 0 fully saturated rings. The number of amides is 5. The van der Waals surface area contributed by atoms with E-state index in [2.05, 4.69) is 41.5 Å². The van der Waals surface area contributed by atoms with Gasteiger partial charge in [-0.2, -0.15) is 0 Å². The zero-order chi connectivity index (χ0) is 94.8. The molecule has 0 aliphatic carbocycles. The molecular weight excluding hydrogens is 1680 g/mol. The maximum atomic E-state index is 13.1. The first-order valence-electron chi connectivity index (χ1n) is 43.4. The van der Waals surface area contributed by atoms with Gasteiger partial charge in [0.1, 0.15) is 24.1 Å². The number of hydrogen-bond donors (Lipinski definition) is 1. The van der Waals surface area contributed by atoms with Crippen molar-refractivity contribution in [2.45, 2.75) is 188 Å². The van der Waals surface area contributed by atoms with Crippen LogP contribution >= 0.6 is 0 Å². The van der Waals surface area contributed by atoms with Crippen LogP contribution in [0.2, 0.25) is 0 Å². The van der Waals surface area contributed by atoms with E-state index < -0.39 is 5.97 Å². The summed E-state index contributed by atoms with van der Waals surface area (Å²) >= 11 is 0. The van der Waals surface area contributed by atoms with Crippen LogP contribution in [-0.4, -0.2) is 194 Å². The monoisotopic (exact) mass is 1820 g/mol. The van der Waals surface area contributed by atoms with Gasteiger partial charge in [0.15, 0.2) is 0 Å². The summed E-state index contributed by atoms with van der Waals surface area (Å²) in [5, 5.41) is 9.06. The van der Waals surface area contributed by atoms with Gasteiger partial charge in [-0.1, -0.05) is 243 Å². The summed E-state index contributed by atoms with van der Waals surface area (Å²) in [5.41, 5.74) is 5.70. The molecule has 0 aliphatic rings. The Hall–Kier alpha value is -13.3. The smallest absolute Gasteiger partial charge is 0.338 e. The highest BCUT2D eigenvalue weighted by atomic mass is 16.6. The van der Waals surface area contributed by atoms with Gasteiger partial charge >= 0.3 is 29.8 Å². The molecule has 10 aromatic rings. The van der Waals surface area contributed by atoms with E-state index in [1.165, 1.54) is 0 Å². The third kappa shape index (κ3) is 39.3. The lowest BCUT2D eigenvalue weighted by Crippen LogP contribution is -2.49. The zero-order valence-corrected chi connectivity index (χ0v) is 78.0. The fourth-order valence-electron chi connectivity index (χ4n) is 13.8. The lowest BCUT2D eigenvalue weighted by atomic mass is 9.77. The first kappa shape index (κ1) is 116. The van der Waals surface area contributed by atoms with Crippen LogP contribution in [0.5, 0.6) is 5.75 Å². The second-order valence-corrected chi connectivity index (χ2v) is 34.5. The molecule has 1 N–H and O–H groups in total. The molecule has 133 heavy (non-hydrogen) atoms. The van der Waals surface area contributed by atoms with Gasteiger partial charge in [0.2, 0.25) is 0 Å². The number of ether oxygens (including phenoxy) is 6. The van der Waals surface area contributed by atoms with Crippen molar-refractivity contribution in [1.29, 1.82) is 0 Å². The third-order valence-electron chi connectivity index (χ3n) is 21.2. The number of rotatable bonds is 33. The Labute approximate surface area is 791 Å². The second kappa shape index (κ2) is 58.4. The first-order valence-corrected chi connectivity index (χ1v) is 43.4. The zero-order valence-electron chi connectivity index (χ0n) is 78.0. The Morgan fingerprint density at radius 1 is 0.346 bits per heavy atom. The average molecular weight is 1820 g/mol. The molecule has 0 heterocycles. The summed E-state index contributed by atoms with van der Waals surface area (Å²) in [5.74, 6) is -1.29. The Bertz CT molecular complexity index is 5080. The number of benzene rings is 10. The van der Waals surface area contributed by atoms with Crippen molar-refractivity contribution in [2.75, 3.05) is 68.1 Å². The number of esters is 5. The SMILES string of the molecule is C.C.C.C.CCN(C(=O)c1ccccc1)C(C)CC(C)OC(=O)c1ccccc1.CN(C(=O)c1ccccc1)C(CC(OC(=O)c1ccccc1)C(C)(C)C)C(C)(C)C.CN(CC(C)(C)COC(=O)c1ccccc1)C(=O)c1ccccc1.CN(CCCOC(=O)c1ccccc1)C(=O)c1ccccc1.COc1ccc(C(=O)N(C)C(C)CC(C)OC(=O)c2ccc(CO)cc2)cc1. The topological polar surface area (TPSA) is 263 Å². The Morgan fingerprint density at radius 3 is 1.03 bits per heavy atom. The van der Waals surface area contributed by atoms with Gasteiger partial charge in [-0.05, 0) is 191 Å². The minimum absolute atomic E-state index is 0. The van der Waals surface area contributed by atoms with E-state index in [0.717, 1.165) is 5.56 Å². The summed E-state index contributed by atoms with van der Waals surface area (Å²) in [6, 6.07) is 85.9. The molecule has 0 radical (unpaired) electrons. The van der Waals surface area contributed by atoms with Crippen LogP contribution in [0, 0.1) is 16.2 Å². The van der Waals surface area contributed by atoms with Crippen molar-refractivity contribution >= 4 is 59.4 Å². The molecule has 22 nitrogen and oxygen atoms in total. The summed E-state index contributed by atoms with van der Waals surface area (Å²) in [4.78, 5) is 132. The van der Waals surface area contributed by atoms with E-state index in [-0.39, 0.29) is 149 Å². The van der Waals surface area contributed by atoms with Crippen LogP contribution in [0.4, 0.5) is 0 Å². The minimum atomic E-state index is -0.423. The van der Waals surface area contributed by atoms with Gasteiger partial charge in [-0.15, -0.1) is 0 Å². The molecule has 10 aromatic carbocycles. The van der Waals surface area contributed by atoms with Crippen molar-refractivity contribution in [2.24, 2.45) is 16.2 Å². The van der Waals surface area contributed by atoms with E-state index >= 15 is 0 Å². The van der Waals surface area contributed by atoms with Gasteiger partial charge in [0.05, 0.1) is 54.7 Å². The highest BCUT2D eigenvalue weighted by Crippen LogP contribution is 2.36. The molecule has 0 aromatic heterocycles. The molecule has 22 heteroatoms. The lowest BCUT2D eigenvalue weighted by molar-refractivity contribution is -0.0252. The van der Waals surface area contributed by atoms with Crippen molar-refractivity contribution in [3.63, 3.8) is 0 Å². The molecule has 0 saturated heterocycles. The van der Waals surface area contributed by atoms with Crippen molar-refractivity contribution < 1.29 is 81.5 Å². The van der Waals surface area contributed by atoms with Gasteiger partial charge in [-0.3, -0.25) is 24.0 Å². The van der Waals surface area contributed by atoms with E-state index in [1.54, 1.807) is 206 Å². The summed E-state index contributed by atoms with van der Waals surface area (Å²) in [7, 11) is 8.66. The highest BCUT2D eigenvalue weighted by Gasteiger charge is 2.39. The number of aliphatic hydroxyl groups excluding tert-OH is 1. The van der Waals surface area contributed by atoms with Crippen molar-refractivity contribution in [3.8, 4) is 5.75 Å². The number of carbonyl (C=O) groups is 10. The molecule has 0 saturated carbocycles. The Balaban J connectivity index is 0.000000560. The maximum Gasteiger partial charge on any atom is 0.338 e. The molecule has 6 atom stereocenters. The third-order valence-corrected chi connectivity index (χ3v) is 21.2. The van der Waals surface area contributed by atoms with Crippen LogP contribution in [0.25, 0.3) is 0 Å². The number of carbonyl (C=O) groups excluding carboxylic acids is 10. The highest BCUT2D eigenvalue weighted by molar-refractivity contribution is 5.97. The van der Waals surface area contributed by atoms with Crippen LogP contribution in [-0.2, 0) is 30.3 Å². The number of aliphatic hydroxyl groups is 1. The first-order chi connectivity index (χ1) is 61.4. The minimum Gasteiger partial charge on any atom is -0.497 e. The predicted octanol–water partition coefficient (Wildman–Crippen LogP) is 22.5. The van der Waals surface area contributed by atoms with Crippen LogP contribution in [0.3, 0.4) is 0 Å². The quantitative estimate of drug-likeness (QED) is 0.0228. The van der Waals surface area contributed by atoms with Crippen molar-refractivity contribution in [1.82, 2.24) is 24.5 Å². The Morgan fingerprint density at radius 2 is 0.662 bits per heavy atom. The predicted molar refractivity (Wildman–Crippen MR) is 532 cm³/mol. The normalized spacial score (nSPS) is 11.9. The van der Waals surface area contributed by atoms with E-state index in [4.69, 9.17) is 33.5 Å². The van der Waals surface area contributed by atoms with Crippen LogP contribution < -0.4 is 4.74 Å². The molecule has 0 spiro atoms. The molecular formula is C111H145N5O17. The number of methoxy groups -OCH3 is 1. The number of nitrogens with zero attached hydrogens (tertiary/aromatic N) is 5. The fraction of sp³-hybridized carbons (Fsp3) is 0.369. The van der Waals surface area contributed by atoms with Crippen LogP contribution in [0.1, 0.15) is 255 Å². The summed E-state index contributed by atoms with van der Waals surface area (Å²) in [6.45, 7) is 28.1. The fourth-order valence-corrected chi connectivity index (χ4v) is 13.8. The van der Waals surface area contributed by atoms with Crippen molar-refractivity contribution in [3.05, 3.63) is 352 Å². The maximum absolute atomic E-state index is 13.1. The van der Waals surface area contributed by atoms with Gasteiger partial charge in [0.25, 0.3) is 29.5 Å². The molecule has 716 valence electrons. The Kier molecular flexibility index (Phi) is 50.8. The molecule has 0 aliphatic heterocycles. The lowest BCUT2D eigenvalue weighted by Gasteiger charge is -2.42. The van der Waals surface area contributed by atoms with Gasteiger partial charge < -0.3 is 58.0 Å². The summed E-state index contributed by atoms with van der Waals surface area (Å²) < 4.78 is 32.7. The average Bonchev–Trinajstić information content (AvgIpc) is 0.804. The van der Waals surface area contributed by atoms with E-state index in [9.17, 15) is 47.9 Å². The van der Waals surface area contributed by atoms with E-state index in [0.29, 0.717) is 113 Å².